The molecule has 1 rings (SSSR count). The highest BCUT2D eigenvalue weighted by Crippen LogP contribution is 2.33. The van der Waals surface area contributed by atoms with Crippen molar-refractivity contribution in [3.8, 4) is 6.07 Å². The molecule has 0 radical (unpaired) electrons. The van der Waals surface area contributed by atoms with Gasteiger partial charge in [0.25, 0.3) is 0 Å². The molecule has 70 valence electrons. The van der Waals surface area contributed by atoms with Crippen molar-refractivity contribution in [2.75, 3.05) is 7.11 Å². The van der Waals surface area contributed by atoms with Crippen LogP contribution in [-0.2, 0) is 9.53 Å². The molecular formula is C10H13NO2. The molecule has 3 heteroatoms. The predicted octanol–water partition coefficient (Wildman–Crippen LogP) is 1.80. The molecule has 0 aromatic rings. The smallest absolute Gasteiger partial charge is 0.323 e. The minimum atomic E-state index is -0.627. The molecule has 1 atom stereocenters. The number of carbonyl (C=O) groups excluding carboxylic acids is 1. The van der Waals surface area contributed by atoms with Gasteiger partial charge in [0, 0.05) is 0 Å². The van der Waals surface area contributed by atoms with Gasteiger partial charge >= 0.3 is 5.97 Å². The summed E-state index contributed by atoms with van der Waals surface area (Å²) in [7, 11) is 1.31. The number of hydrogen-bond acceptors (Lipinski definition) is 3. The Kier molecular flexibility index (Phi) is 3.07. The number of nitriles is 1. The molecule has 0 amide bonds. The number of ether oxygens (including phenoxy) is 1. The molecule has 0 spiro atoms. The summed E-state index contributed by atoms with van der Waals surface area (Å²) < 4.78 is 4.52. The van der Waals surface area contributed by atoms with Gasteiger partial charge in [-0.3, -0.25) is 4.79 Å². The van der Waals surface area contributed by atoms with E-state index in [-0.39, 0.29) is 0 Å². The lowest BCUT2D eigenvalue weighted by atomic mass is 10.0. The van der Waals surface area contributed by atoms with Crippen molar-refractivity contribution in [2.45, 2.75) is 26.2 Å². The summed E-state index contributed by atoms with van der Waals surface area (Å²) >= 11 is 0. The Morgan fingerprint density at radius 1 is 1.69 bits per heavy atom. The Morgan fingerprint density at radius 3 is 2.69 bits per heavy atom. The van der Waals surface area contributed by atoms with Crippen molar-refractivity contribution in [3.05, 3.63) is 11.1 Å². The fraction of sp³-hybridized carbons (Fsp3) is 0.600. The average molecular weight is 179 g/mol. The van der Waals surface area contributed by atoms with Crippen LogP contribution in [-0.4, -0.2) is 13.1 Å². The normalized spacial score (nSPS) is 15.9. The third-order valence-electron chi connectivity index (χ3n) is 2.26. The maximum Gasteiger partial charge on any atom is 0.323 e. The van der Waals surface area contributed by atoms with E-state index in [0.717, 1.165) is 12.8 Å². The van der Waals surface area contributed by atoms with E-state index in [0.29, 0.717) is 6.42 Å². The molecule has 0 aromatic heterocycles. The van der Waals surface area contributed by atoms with Crippen LogP contribution in [0.1, 0.15) is 26.2 Å². The van der Waals surface area contributed by atoms with Crippen LogP contribution in [0.15, 0.2) is 11.1 Å². The van der Waals surface area contributed by atoms with Gasteiger partial charge in [-0.2, -0.15) is 5.26 Å². The Balaban J connectivity index is 2.55. The van der Waals surface area contributed by atoms with Crippen LogP contribution in [0.25, 0.3) is 0 Å². The lowest BCUT2D eigenvalue weighted by Crippen LogP contribution is -2.14. The molecule has 13 heavy (non-hydrogen) atoms. The first-order valence-corrected chi connectivity index (χ1v) is 4.34. The van der Waals surface area contributed by atoms with Crippen LogP contribution < -0.4 is 0 Å². The summed E-state index contributed by atoms with van der Waals surface area (Å²) in [6.07, 6.45) is 2.79. The minimum Gasteiger partial charge on any atom is -0.468 e. The Bertz CT molecular complexity index is 280. The molecule has 1 aliphatic carbocycles. The molecule has 1 unspecified atom stereocenters. The molecule has 0 saturated heterocycles. The summed E-state index contributed by atoms with van der Waals surface area (Å²) in [5.41, 5.74) is 2.57. The van der Waals surface area contributed by atoms with Crippen LogP contribution in [0.5, 0.6) is 0 Å². The van der Waals surface area contributed by atoms with E-state index in [9.17, 15) is 4.79 Å². The first kappa shape index (κ1) is 9.79. The molecule has 0 bridgehead atoms. The molecule has 1 saturated carbocycles. The van der Waals surface area contributed by atoms with Gasteiger partial charge in [-0.1, -0.05) is 11.1 Å². The fourth-order valence-electron chi connectivity index (χ4n) is 1.26. The number of nitrogens with zero attached hydrogens (tertiary/aromatic N) is 1. The lowest BCUT2D eigenvalue weighted by molar-refractivity contribution is -0.143. The number of hydrogen-bond donors (Lipinski definition) is 0. The quantitative estimate of drug-likeness (QED) is 0.490. The number of rotatable bonds is 3. The highest BCUT2D eigenvalue weighted by molar-refractivity contribution is 5.75. The topological polar surface area (TPSA) is 50.1 Å². The highest BCUT2D eigenvalue weighted by Gasteiger charge is 2.22. The van der Waals surface area contributed by atoms with Gasteiger partial charge in [0.1, 0.15) is 5.92 Å². The maximum atomic E-state index is 11.1. The van der Waals surface area contributed by atoms with Crippen molar-refractivity contribution in [1.29, 1.82) is 5.26 Å². The van der Waals surface area contributed by atoms with Gasteiger partial charge in [0.15, 0.2) is 0 Å². The van der Waals surface area contributed by atoms with E-state index in [4.69, 9.17) is 5.26 Å². The van der Waals surface area contributed by atoms with Crippen LogP contribution in [0.3, 0.4) is 0 Å². The summed E-state index contributed by atoms with van der Waals surface area (Å²) in [5.74, 6) is -1.05. The van der Waals surface area contributed by atoms with Gasteiger partial charge in [-0.25, -0.2) is 0 Å². The van der Waals surface area contributed by atoms with Crippen LogP contribution in [0, 0.1) is 17.2 Å². The number of methoxy groups -OCH3 is 1. The number of esters is 1. The van der Waals surface area contributed by atoms with Crippen molar-refractivity contribution in [2.24, 2.45) is 5.92 Å². The molecule has 1 fully saturated rings. The second-order valence-electron chi connectivity index (χ2n) is 3.29. The zero-order chi connectivity index (χ0) is 9.84. The average Bonchev–Trinajstić information content (AvgIpc) is 2.95. The first-order chi connectivity index (χ1) is 6.19. The monoisotopic (exact) mass is 179 g/mol. The fourth-order valence-corrected chi connectivity index (χ4v) is 1.26. The van der Waals surface area contributed by atoms with Crippen molar-refractivity contribution in [3.63, 3.8) is 0 Å². The second kappa shape index (κ2) is 4.08. The van der Waals surface area contributed by atoms with Crippen molar-refractivity contribution in [1.82, 2.24) is 0 Å². The van der Waals surface area contributed by atoms with Crippen LogP contribution in [0.4, 0.5) is 0 Å². The summed E-state index contributed by atoms with van der Waals surface area (Å²) in [6.45, 7) is 1.98. The van der Waals surface area contributed by atoms with E-state index < -0.39 is 11.9 Å². The zero-order valence-corrected chi connectivity index (χ0v) is 7.96. The van der Waals surface area contributed by atoms with Gasteiger partial charge < -0.3 is 4.74 Å². The summed E-state index contributed by atoms with van der Waals surface area (Å²) in [6, 6.07) is 1.96. The first-order valence-electron chi connectivity index (χ1n) is 4.34. The Labute approximate surface area is 78.0 Å². The molecule has 3 nitrogen and oxygen atoms in total. The molecule has 0 aromatic carbocycles. The van der Waals surface area contributed by atoms with Gasteiger partial charge in [0.2, 0.25) is 0 Å². The molecule has 0 aliphatic heterocycles. The summed E-state index contributed by atoms with van der Waals surface area (Å²) in [5, 5.41) is 8.71. The van der Waals surface area contributed by atoms with E-state index in [2.05, 4.69) is 4.74 Å². The molecular weight excluding hydrogens is 166 g/mol. The van der Waals surface area contributed by atoms with Crippen molar-refractivity contribution >= 4 is 5.97 Å². The summed E-state index contributed by atoms with van der Waals surface area (Å²) in [4.78, 5) is 11.1. The third kappa shape index (κ3) is 2.59. The van der Waals surface area contributed by atoms with E-state index in [1.54, 1.807) is 0 Å². The molecule has 0 N–H and O–H groups in total. The molecule has 1 aliphatic rings. The molecule has 0 heterocycles. The van der Waals surface area contributed by atoms with Gasteiger partial charge in [-0.05, 0) is 26.2 Å². The van der Waals surface area contributed by atoms with E-state index in [1.165, 1.54) is 18.3 Å². The van der Waals surface area contributed by atoms with E-state index in [1.807, 2.05) is 13.0 Å². The highest BCUT2D eigenvalue weighted by atomic mass is 16.5. The predicted molar refractivity (Wildman–Crippen MR) is 47.7 cm³/mol. The zero-order valence-electron chi connectivity index (χ0n) is 7.96. The minimum absolute atomic E-state index is 0.428. The van der Waals surface area contributed by atoms with Crippen molar-refractivity contribution < 1.29 is 9.53 Å². The standard InChI is InChI=1S/C10H13NO2/c1-7(8-3-4-8)5-9(6-11)10(12)13-2/h9H,3-5H2,1-2H3. The Morgan fingerprint density at radius 2 is 2.31 bits per heavy atom. The lowest BCUT2D eigenvalue weighted by Gasteiger charge is -2.06. The van der Waals surface area contributed by atoms with Crippen LogP contribution in [0.2, 0.25) is 0 Å². The number of carbonyl (C=O) groups is 1. The third-order valence-corrected chi connectivity index (χ3v) is 2.26. The van der Waals surface area contributed by atoms with E-state index >= 15 is 0 Å². The second-order valence-corrected chi connectivity index (χ2v) is 3.29. The number of allylic oxidation sites excluding steroid dienone is 2. The Hall–Kier alpha value is -1.30. The van der Waals surface area contributed by atoms with Gasteiger partial charge in [0.05, 0.1) is 13.2 Å². The maximum absolute atomic E-state index is 11.1. The van der Waals surface area contributed by atoms with Gasteiger partial charge in [-0.15, -0.1) is 0 Å². The SMILES string of the molecule is COC(=O)C(C#N)CC(C)=C1CC1. The van der Waals surface area contributed by atoms with Crippen LogP contribution >= 0.6 is 0 Å². The largest absolute Gasteiger partial charge is 0.468 e.